The van der Waals surface area contributed by atoms with Gasteiger partial charge in [0.15, 0.2) is 0 Å². The van der Waals surface area contributed by atoms with Gasteiger partial charge in [-0.1, -0.05) is 13.0 Å². The van der Waals surface area contributed by atoms with Gasteiger partial charge in [0.05, 0.1) is 9.77 Å². The van der Waals surface area contributed by atoms with Crippen LogP contribution in [0.1, 0.15) is 35.5 Å². The van der Waals surface area contributed by atoms with Gasteiger partial charge in [-0.25, -0.2) is 12.8 Å². The highest BCUT2D eigenvalue weighted by Crippen LogP contribution is 2.29. The van der Waals surface area contributed by atoms with Crippen molar-refractivity contribution in [1.29, 1.82) is 0 Å². The van der Waals surface area contributed by atoms with E-state index in [0.29, 0.717) is 17.0 Å². The van der Waals surface area contributed by atoms with E-state index in [2.05, 4.69) is 5.32 Å². The third kappa shape index (κ3) is 5.79. The quantitative estimate of drug-likeness (QED) is 0.449. The van der Waals surface area contributed by atoms with Crippen molar-refractivity contribution in [3.8, 4) is 0 Å². The molecule has 0 unspecified atom stereocenters. The number of sulfonamides is 1. The normalized spacial score (nSPS) is 12.5. The first-order valence-corrected chi connectivity index (χ1v) is 12.9. The zero-order valence-electron chi connectivity index (χ0n) is 19.1. The minimum atomic E-state index is -3.88. The fourth-order valence-corrected chi connectivity index (χ4v) is 5.72. The number of carbonyl (C=O) groups is 1. The zero-order valence-corrected chi connectivity index (χ0v) is 20.7. The summed E-state index contributed by atoms with van der Waals surface area (Å²) in [5.41, 5.74) is 2.17. The van der Waals surface area contributed by atoms with Crippen LogP contribution in [0.25, 0.3) is 0 Å². The predicted molar refractivity (Wildman–Crippen MR) is 132 cm³/mol. The van der Waals surface area contributed by atoms with Gasteiger partial charge in [-0.2, -0.15) is 4.31 Å². The van der Waals surface area contributed by atoms with Crippen molar-refractivity contribution in [3.05, 3.63) is 76.2 Å². The molecule has 2 aromatic carbocycles. The van der Waals surface area contributed by atoms with E-state index in [0.717, 1.165) is 23.4 Å². The Labute approximate surface area is 198 Å². The average molecular weight is 490 g/mol. The summed E-state index contributed by atoms with van der Waals surface area (Å²) in [4.78, 5) is 15.0. The number of amides is 1. The van der Waals surface area contributed by atoms with Crippen LogP contribution in [0.4, 0.5) is 15.8 Å². The van der Waals surface area contributed by atoms with Crippen molar-refractivity contribution in [2.75, 3.05) is 24.3 Å². The van der Waals surface area contributed by atoms with Gasteiger partial charge in [0.2, 0.25) is 10.0 Å². The summed E-state index contributed by atoms with van der Waals surface area (Å²) < 4.78 is 41.8. The number of thiophene rings is 1. The van der Waals surface area contributed by atoms with Crippen molar-refractivity contribution in [2.24, 2.45) is 0 Å². The van der Waals surface area contributed by atoms with Crippen LogP contribution in [0.3, 0.4) is 0 Å². The molecule has 0 saturated heterocycles. The molecule has 3 rings (SSSR count). The van der Waals surface area contributed by atoms with Crippen LogP contribution in [0.2, 0.25) is 0 Å². The summed E-state index contributed by atoms with van der Waals surface area (Å²) >= 11 is 1.35. The van der Waals surface area contributed by atoms with Crippen LogP contribution in [0, 0.1) is 5.82 Å². The standard InChI is InChI=1S/C24H28FN3O3S2/c1-5-17(2)28(33(30,31)21-11-8-19(25)9-12-21)16-18-15-20(10-13-22(18)27(3)4)26-24(29)23-7-6-14-32-23/h6-15,17H,5,16H2,1-4H3,(H,26,29)/t17-/m1/s1. The number of nitrogens with zero attached hydrogens (tertiary/aromatic N) is 2. The Morgan fingerprint density at radius 1 is 1.12 bits per heavy atom. The number of carbonyl (C=O) groups excluding carboxylic acids is 1. The molecule has 0 radical (unpaired) electrons. The second-order valence-corrected chi connectivity index (χ2v) is 10.8. The smallest absolute Gasteiger partial charge is 0.265 e. The van der Waals surface area contributed by atoms with Crippen molar-refractivity contribution in [2.45, 2.75) is 37.8 Å². The molecule has 1 heterocycles. The van der Waals surface area contributed by atoms with Crippen LogP contribution in [-0.4, -0.2) is 38.8 Å². The Balaban J connectivity index is 1.98. The number of nitrogens with one attached hydrogen (secondary N) is 1. The molecule has 0 aliphatic carbocycles. The van der Waals surface area contributed by atoms with Gasteiger partial charge in [0.1, 0.15) is 5.82 Å². The van der Waals surface area contributed by atoms with Gasteiger partial charge in [0.25, 0.3) is 5.91 Å². The molecular formula is C24H28FN3O3S2. The third-order valence-corrected chi connectivity index (χ3v) is 8.24. The maximum Gasteiger partial charge on any atom is 0.265 e. The predicted octanol–water partition coefficient (Wildman–Crippen LogP) is 5.19. The number of anilines is 2. The van der Waals surface area contributed by atoms with Crippen LogP contribution in [0.15, 0.2) is 64.9 Å². The maximum atomic E-state index is 13.5. The van der Waals surface area contributed by atoms with Crippen LogP contribution in [-0.2, 0) is 16.6 Å². The summed E-state index contributed by atoms with van der Waals surface area (Å²) in [6, 6.07) is 13.6. The number of benzene rings is 2. The molecule has 3 aromatic rings. The summed E-state index contributed by atoms with van der Waals surface area (Å²) in [7, 11) is -0.119. The maximum absolute atomic E-state index is 13.5. The Bertz CT molecular complexity index is 1190. The van der Waals surface area contributed by atoms with Gasteiger partial charge in [-0.05, 0) is 72.8 Å². The molecule has 1 N–H and O–H groups in total. The van der Waals surface area contributed by atoms with E-state index in [1.54, 1.807) is 18.2 Å². The van der Waals surface area contributed by atoms with Crippen molar-refractivity contribution >= 4 is 38.6 Å². The first kappa shape index (κ1) is 24.9. The number of rotatable bonds is 9. The van der Waals surface area contributed by atoms with E-state index >= 15 is 0 Å². The van der Waals surface area contributed by atoms with Crippen molar-refractivity contribution in [1.82, 2.24) is 4.31 Å². The van der Waals surface area contributed by atoms with E-state index in [9.17, 15) is 17.6 Å². The minimum Gasteiger partial charge on any atom is -0.377 e. The molecule has 9 heteroatoms. The molecule has 176 valence electrons. The van der Waals surface area contributed by atoms with E-state index in [4.69, 9.17) is 0 Å². The molecule has 0 spiro atoms. The Morgan fingerprint density at radius 3 is 2.39 bits per heavy atom. The monoisotopic (exact) mass is 489 g/mol. The molecule has 0 fully saturated rings. The lowest BCUT2D eigenvalue weighted by Gasteiger charge is -2.30. The van der Waals surface area contributed by atoms with E-state index in [1.807, 2.05) is 50.4 Å². The molecule has 0 aliphatic rings. The molecule has 0 aliphatic heterocycles. The Morgan fingerprint density at radius 2 is 1.82 bits per heavy atom. The highest BCUT2D eigenvalue weighted by atomic mass is 32.2. The lowest BCUT2D eigenvalue weighted by molar-refractivity contribution is 0.103. The number of halogens is 1. The van der Waals surface area contributed by atoms with E-state index < -0.39 is 15.8 Å². The molecule has 1 amide bonds. The van der Waals surface area contributed by atoms with Gasteiger partial charge in [0, 0.05) is 38.1 Å². The fourth-order valence-electron chi connectivity index (χ4n) is 3.42. The Kier molecular flexibility index (Phi) is 7.88. The van der Waals surface area contributed by atoms with Gasteiger partial charge >= 0.3 is 0 Å². The summed E-state index contributed by atoms with van der Waals surface area (Å²) in [6.45, 7) is 3.87. The summed E-state index contributed by atoms with van der Waals surface area (Å²) in [5, 5.41) is 4.72. The molecule has 1 aromatic heterocycles. The Hall–Kier alpha value is -2.75. The zero-order chi connectivity index (χ0) is 24.2. The molecule has 6 nitrogen and oxygen atoms in total. The van der Waals surface area contributed by atoms with E-state index in [1.165, 1.54) is 27.8 Å². The highest BCUT2D eigenvalue weighted by Gasteiger charge is 2.29. The molecule has 1 atom stereocenters. The van der Waals surface area contributed by atoms with Crippen LogP contribution in [0.5, 0.6) is 0 Å². The SMILES string of the molecule is CC[C@@H](C)N(Cc1cc(NC(=O)c2cccs2)ccc1N(C)C)S(=O)(=O)c1ccc(F)cc1. The molecule has 0 saturated carbocycles. The lowest BCUT2D eigenvalue weighted by atomic mass is 10.1. The second kappa shape index (κ2) is 10.5. The number of hydrogen-bond acceptors (Lipinski definition) is 5. The fraction of sp³-hybridized carbons (Fsp3) is 0.292. The van der Waals surface area contributed by atoms with Gasteiger partial charge in [-0.3, -0.25) is 4.79 Å². The van der Waals surface area contributed by atoms with Crippen LogP contribution >= 0.6 is 11.3 Å². The molecule has 0 bridgehead atoms. The molecular weight excluding hydrogens is 461 g/mol. The van der Waals surface area contributed by atoms with Crippen molar-refractivity contribution < 1.29 is 17.6 Å². The highest BCUT2D eigenvalue weighted by molar-refractivity contribution is 7.89. The summed E-state index contributed by atoms with van der Waals surface area (Å²) in [5.74, 6) is -0.709. The molecule has 33 heavy (non-hydrogen) atoms. The number of hydrogen-bond donors (Lipinski definition) is 1. The minimum absolute atomic E-state index is 0.0396. The average Bonchev–Trinajstić information content (AvgIpc) is 3.32. The third-order valence-electron chi connectivity index (χ3n) is 5.39. The van der Waals surface area contributed by atoms with Gasteiger partial charge in [-0.15, -0.1) is 11.3 Å². The topological polar surface area (TPSA) is 69.7 Å². The van der Waals surface area contributed by atoms with Crippen molar-refractivity contribution in [3.63, 3.8) is 0 Å². The lowest BCUT2D eigenvalue weighted by Crippen LogP contribution is -2.38. The first-order chi connectivity index (χ1) is 15.6. The van der Waals surface area contributed by atoms with Gasteiger partial charge < -0.3 is 10.2 Å². The second-order valence-electron chi connectivity index (χ2n) is 7.93. The summed E-state index contributed by atoms with van der Waals surface area (Å²) in [6.07, 6.45) is 0.604. The van der Waals surface area contributed by atoms with E-state index in [-0.39, 0.29) is 23.4 Å². The first-order valence-electron chi connectivity index (χ1n) is 10.6. The largest absolute Gasteiger partial charge is 0.377 e. The van der Waals surface area contributed by atoms with Crippen LogP contribution < -0.4 is 10.2 Å².